The van der Waals surface area contributed by atoms with Gasteiger partial charge in [0.1, 0.15) is 5.75 Å². The number of hydrogen-bond donors (Lipinski definition) is 2. The lowest BCUT2D eigenvalue weighted by Crippen LogP contribution is -2.32. The fraction of sp³-hybridized carbons (Fsp3) is 0.538. The summed E-state index contributed by atoms with van der Waals surface area (Å²) >= 11 is 0. The molecule has 2 N–H and O–H groups in total. The van der Waals surface area contributed by atoms with Gasteiger partial charge < -0.3 is 10.1 Å². The molecule has 2 aliphatic rings. The maximum atomic E-state index is 12.3. The van der Waals surface area contributed by atoms with Crippen molar-refractivity contribution in [1.82, 2.24) is 10.0 Å². The highest BCUT2D eigenvalue weighted by atomic mass is 35.5. The van der Waals surface area contributed by atoms with Gasteiger partial charge in [-0.2, -0.15) is 0 Å². The van der Waals surface area contributed by atoms with Crippen molar-refractivity contribution in [3.63, 3.8) is 0 Å². The number of ether oxygens (including phenoxy) is 1. The van der Waals surface area contributed by atoms with Crippen LogP contribution in [0.3, 0.4) is 0 Å². The Morgan fingerprint density at radius 3 is 2.50 bits per heavy atom. The molecule has 20 heavy (non-hydrogen) atoms. The number of methoxy groups -OCH3 is 1. The second-order valence-corrected chi connectivity index (χ2v) is 6.98. The fourth-order valence-corrected chi connectivity index (χ4v) is 4.28. The third-order valence-corrected chi connectivity index (χ3v) is 5.52. The molecule has 0 aromatic heterocycles. The summed E-state index contributed by atoms with van der Waals surface area (Å²) in [6.45, 7) is 3.67. The van der Waals surface area contributed by atoms with E-state index in [-0.39, 0.29) is 18.4 Å². The number of nitrogens with one attached hydrogen (secondary N) is 2. The summed E-state index contributed by atoms with van der Waals surface area (Å²) in [7, 11) is -1.84. The molecule has 1 aliphatic carbocycles. The number of rotatable bonds is 4. The monoisotopic (exact) mass is 318 g/mol. The highest BCUT2D eigenvalue weighted by Gasteiger charge is 2.54. The molecule has 0 radical (unpaired) electrons. The van der Waals surface area contributed by atoms with Crippen molar-refractivity contribution in [2.45, 2.75) is 17.9 Å². The van der Waals surface area contributed by atoms with E-state index in [1.807, 2.05) is 6.92 Å². The fourth-order valence-electron chi connectivity index (χ4n) is 2.86. The van der Waals surface area contributed by atoms with E-state index in [9.17, 15) is 8.42 Å². The van der Waals surface area contributed by atoms with E-state index in [4.69, 9.17) is 4.74 Å². The molecule has 0 amide bonds. The number of piperidine rings is 1. The van der Waals surface area contributed by atoms with Gasteiger partial charge in [-0.3, -0.25) is 0 Å². The van der Waals surface area contributed by atoms with Gasteiger partial charge in [-0.1, -0.05) is 0 Å². The third kappa shape index (κ3) is 2.65. The second-order valence-electron chi connectivity index (χ2n) is 5.26. The quantitative estimate of drug-likeness (QED) is 0.866. The van der Waals surface area contributed by atoms with E-state index in [0.29, 0.717) is 22.5 Å². The summed E-state index contributed by atoms with van der Waals surface area (Å²) in [5.74, 6) is 1.63. The van der Waals surface area contributed by atoms with Gasteiger partial charge in [0.05, 0.1) is 12.0 Å². The average molecular weight is 319 g/mol. The lowest BCUT2D eigenvalue weighted by molar-refractivity contribution is 0.411. The molecular formula is C13H19ClN2O3S. The van der Waals surface area contributed by atoms with Crippen molar-refractivity contribution in [1.29, 1.82) is 0 Å². The molecule has 0 spiro atoms. The van der Waals surface area contributed by atoms with Crippen LogP contribution in [0.1, 0.15) is 5.56 Å². The number of aryl methyl sites for hydroxylation is 1. The molecule has 2 fully saturated rings. The van der Waals surface area contributed by atoms with Gasteiger partial charge in [0.15, 0.2) is 0 Å². The molecule has 1 saturated carbocycles. The van der Waals surface area contributed by atoms with Crippen LogP contribution in [-0.2, 0) is 10.0 Å². The van der Waals surface area contributed by atoms with Crippen LogP contribution in [0.5, 0.6) is 5.75 Å². The van der Waals surface area contributed by atoms with Crippen molar-refractivity contribution in [2.24, 2.45) is 11.8 Å². The van der Waals surface area contributed by atoms with E-state index in [0.717, 1.165) is 18.7 Å². The van der Waals surface area contributed by atoms with Crippen molar-refractivity contribution in [3.05, 3.63) is 23.8 Å². The SMILES string of the molecule is COc1ccc(S(=O)(=O)NC2C3CNCC32)cc1C.Cl. The lowest BCUT2D eigenvalue weighted by Gasteiger charge is -2.11. The zero-order valence-corrected chi connectivity index (χ0v) is 13.1. The predicted molar refractivity (Wildman–Crippen MR) is 78.9 cm³/mol. The average Bonchev–Trinajstić information content (AvgIpc) is 2.82. The van der Waals surface area contributed by atoms with E-state index in [2.05, 4.69) is 10.0 Å². The molecule has 1 aromatic carbocycles. The normalized spacial score (nSPS) is 27.6. The molecule has 1 aliphatic heterocycles. The predicted octanol–water partition coefficient (Wildman–Crippen LogP) is 0.922. The Labute approximate surface area is 125 Å². The summed E-state index contributed by atoms with van der Waals surface area (Å²) in [6, 6.07) is 5.04. The van der Waals surface area contributed by atoms with Gasteiger partial charge in [0.2, 0.25) is 10.0 Å². The summed E-state index contributed by atoms with van der Waals surface area (Å²) < 4.78 is 32.5. The molecule has 112 valence electrons. The van der Waals surface area contributed by atoms with Crippen molar-refractivity contribution >= 4 is 22.4 Å². The number of hydrogen-bond acceptors (Lipinski definition) is 4. The van der Waals surface area contributed by atoms with E-state index >= 15 is 0 Å². The maximum absolute atomic E-state index is 12.3. The van der Waals surface area contributed by atoms with Crippen LogP contribution in [0.15, 0.2) is 23.1 Å². The van der Waals surface area contributed by atoms with Gasteiger partial charge in [-0.05, 0) is 55.6 Å². The Morgan fingerprint density at radius 2 is 1.95 bits per heavy atom. The minimum Gasteiger partial charge on any atom is -0.496 e. The Bertz CT molecular complexity index is 596. The maximum Gasteiger partial charge on any atom is 0.240 e. The molecule has 2 unspecified atom stereocenters. The van der Waals surface area contributed by atoms with Crippen LogP contribution < -0.4 is 14.8 Å². The first-order chi connectivity index (χ1) is 9.03. The van der Waals surface area contributed by atoms with E-state index in [1.54, 1.807) is 25.3 Å². The first kappa shape index (κ1) is 15.6. The van der Waals surface area contributed by atoms with Crippen LogP contribution in [0.4, 0.5) is 0 Å². The first-order valence-corrected chi connectivity index (χ1v) is 7.89. The molecular weight excluding hydrogens is 300 g/mol. The molecule has 3 rings (SSSR count). The smallest absolute Gasteiger partial charge is 0.240 e. The van der Waals surface area contributed by atoms with Gasteiger partial charge in [0, 0.05) is 6.04 Å². The molecule has 1 saturated heterocycles. The topological polar surface area (TPSA) is 67.4 Å². The first-order valence-electron chi connectivity index (χ1n) is 6.40. The van der Waals surface area contributed by atoms with Crippen LogP contribution >= 0.6 is 12.4 Å². The molecule has 1 heterocycles. The number of fused-ring (bicyclic) bond motifs is 1. The Morgan fingerprint density at radius 1 is 1.30 bits per heavy atom. The largest absolute Gasteiger partial charge is 0.496 e. The third-order valence-electron chi connectivity index (χ3n) is 4.06. The number of sulfonamides is 1. The standard InChI is InChI=1S/C13H18N2O3S.ClH/c1-8-5-9(3-4-12(8)18-2)19(16,17)15-13-10-6-14-7-11(10)13;/h3-5,10-11,13-15H,6-7H2,1-2H3;1H. The van der Waals surface area contributed by atoms with Crippen molar-refractivity contribution < 1.29 is 13.2 Å². The summed E-state index contributed by atoms with van der Waals surface area (Å²) in [4.78, 5) is 0.309. The summed E-state index contributed by atoms with van der Waals surface area (Å²) in [6.07, 6.45) is 0. The number of benzene rings is 1. The summed E-state index contributed by atoms with van der Waals surface area (Å²) in [5, 5.41) is 3.25. The Balaban J connectivity index is 0.00000147. The summed E-state index contributed by atoms with van der Waals surface area (Å²) in [5.41, 5.74) is 0.822. The highest BCUT2D eigenvalue weighted by Crippen LogP contribution is 2.42. The molecule has 2 atom stereocenters. The molecule has 7 heteroatoms. The van der Waals surface area contributed by atoms with E-state index < -0.39 is 10.0 Å². The van der Waals surface area contributed by atoms with Gasteiger partial charge in [-0.15, -0.1) is 12.4 Å². The molecule has 5 nitrogen and oxygen atoms in total. The van der Waals surface area contributed by atoms with E-state index in [1.165, 1.54) is 0 Å². The molecule has 1 aromatic rings. The second kappa shape index (κ2) is 5.52. The Kier molecular flexibility index (Phi) is 4.30. The van der Waals surface area contributed by atoms with Crippen molar-refractivity contribution in [3.8, 4) is 5.75 Å². The minimum absolute atomic E-state index is 0. The minimum atomic E-state index is -3.42. The zero-order chi connectivity index (χ0) is 13.6. The van der Waals surface area contributed by atoms with Crippen LogP contribution in [0.25, 0.3) is 0 Å². The lowest BCUT2D eigenvalue weighted by atomic mass is 10.2. The Hall–Kier alpha value is -0.820. The van der Waals surface area contributed by atoms with Crippen molar-refractivity contribution in [2.75, 3.05) is 20.2 Å². The highest BCUT2D eigenvalue weighted by molar-refractivity contribution is 7.89. The molecule has 0 bridgehead atoms. The van der Waals surface area contributed by atoms with Crippen LogP contribution in [0.2, 0.25) is 0 Å². The van der Waals surface area contributed by atoms with Crippen LogP contribution in [0, 0.1) is 18.8 Å². The van der Waals surface area contributed by atoms with Gasteiger partial charge in [0.25, 0.3) is 0 Å². The zero-order valence-electron chi connectivity index (χ0n) is 11.4. The van der Waals surface area contributed by atoms with Gasteiger partial charge >= 0.3 is 0 Å². The number of halogens is 1. The van der Waals surface area contributed by atoms with Gasteiger partial charge in [-0.25, -0.2) is 13.1 Å². The van der Waals surface area contributed by atoms with Crippen LogP contribution in [-0.4, -0.2) is 34.7 Å².